The second-order valence-corrected chi connectivity index (χ2v) is 4.01. The van der Waals surface area contributed by atoms with Crippen LogP contribution >= 0.6 is 0 Å². The van der Waals surface area contributed by atoms with Crippen molar-refractivity contribution >= 4 is 0 Å². The third-order valence-corrected chi connectivity index (χ3v) is 2.90. The van der Waals surface area contributed by atoms with Crippen LogP contribution in [0.25, 0.3) is 0 Å². The van der Waals surface area contributed by atoms with Gasteiger partial charge in [-0.2, -0.15) is 0 Å². The summed E-state index contributed by atoms with van der Waals surface area (Å²) < 4.78 is 10.9. The minimum absolute atomic E-state index is 0.518. The largest absolute Gasteiger partial charge is 0.493 e. The molecule has 0 saturated carbocycles. The van der Waals surface area contributed by atoms with Crippen LogP contribution in [0.5, 0.6) is 11.5 Å². The molecule has 0 radical (unpaired) electrons. The van der Waals surface area contributed by atoms with Gasteiger partial charge in [0.25, 0.3) is 0 Å². The van der Waals surface area contributed by atoms with Crippen molar-refractivity contribution in [2.24, 2.45) is 0 Å². The van der Waals surface area contributed by atoms with Crippen molar-refractivity contribution in [3.8, 4) is 11.5 Å². The van der Waals surface area contributed by atoms with Crippen molar-refractivity contribution in [2.45, 2.75) is 26.2 Å². The topological polar surface area (TPSA) is 30.5 Å². The number of likely N-dealkylation sites (N-methyl/N-ethyl adjacent to an activating group) is 1. The van der Waals surface area contributed by atoms with Gasteiger partial charge in [0.1, 0.15) is 0 Å². The third kappa shape index (κ3) is 3.63. The summed E-state index contributed by atoms with van der Waals surface area (Å²) in [5, 5.41) is 3.22. The van der Waals surface area contributed by atoms with Crippen molar-refractivity contribution in [3.05, 3.63) is 23.8 Å². The second kappa shape index (κ2) is 7.17. The van der Waals surface area contributed by atoms with Gasteiger partial charge in [0.15, 0.2) is 11.5 Å². The number of ether oxygens (including phenoxy) is 2. The molecule has 0 saturated heterocycles. The highest BCUT2D eigenvalue weighted by Gasteiger charge is 2.12. The molecule has 0 aliphatic heterocycles. The SMILES string of the molecule is CCOc1ccc(C(CC)CNC)cc1OC. The molecule has 1 atom stereocenters. The Bertz CT molecular complexity index is 339. The van der Waals surface area contributed by atoms with E-state index in [4.69, 9.17) is 9.47 Å². The summed E-state index contributed by atoms with van der Waals surface area (Å²) in [5.74, 6) is 2.15. The summed E-state index contributed by atoms with van der Waals surface area (Å²) in [6, 6.07) is 6.20. The summed E-state index contributed by atoms with van der Waals surface area (Å²) in [7, 11) is 3.66. The summed E-state index contributed by atoms with van der Waals surface area (Å²) >= 11 is 0. The molecule has 0 aliphatic carbocycles. The second-order valence-electron chi connectivity index (χ2n) is 4.01. The van der Waals surface area contributed by atoms with Crippen LogP contribution in [0.1, 0.15) is 31.7 Å². The fourth-order valence-electron chi connectivity index (χ4n) is 1.96. The molecule has 1 aromatic rings. The van der Waals surface area contributed by atoms with Crippen LogP contribution in [0.4, 0.5) is 0 Å². The van der Waals surface area contributed by atoms with Gasteiger partial charge in [0, 0.05) is 6.54 Å². The first kappa shape index (κ1) is 13.8. The molecule has 0 aliphatic rings. The standard InChI is InChI=1S/C14H23NO2/c1-5-11(10-15-3)12-7-8-13(17-6-2)14(9-12)16-4/h7-9,11,15H,5-6,10H2,1-4H3. The van der Waals surface area contributed by atoms with Gasteiger partial charge in [-0.05, 0) is 44.0 Å². The summed E-state index contributed by atoms with van der Waals surface area (Å²) in [4.78, 5) is 0. The van der Waals surface area contributed by atoms with Gasteiger partial charge in [0.05, 0.1) is 13.7 Å². The highest BCUT2D eigenvalue weighted by Crippen LogP contribution is 2.31. The fraction of sp³-hybridized carbons (Fsp3) is 0.571. The summed E-state index contributed by atoms with van der Waals surface area (Å²) in [6.07, 6.45) is 1.11. The maximum Gasteiger partial charge on any atom is 0.161 e. The highest BCUT2D eigenvalue weighted by molar-refractivity contribution is 5.44. The van der Waals surface area contributed by atoms with Crippen molar-refractivity contribution in [1.29, 1.82) is 0 Å². The molecule has 3 nitrogen and oxygen atoms in total. The van der Waals surface area contributed by atoms with Crippen LogP contribution in [-0.4, -0.2) is 27.3 Å². The Labute approximate surface area is 104 Å². The maximum absolute atomic E-state index is 5.52. The Morgan fingerprint density at radius 1 is 1.24 bits per heavy atom. The lowest BCUT2D eigenvalue weighted by Crippen LogP contribution is -2.16. The lowest BCUT2D eigenvalue weighted by molar-refractivity contribution is 0.310. The monoisotopic (exact) mass is 237 g/mol. The zero-order valence-corrected chi connectivity index (χ0v) is 11.2. The summed E-state index contributed by atoms with van der Waals surface area (Å²) in [6.45, 7) is 5.81. The molecule has 0 amide bonds. The molecule has 1 unspecified atom stereocenters. The maximum atomic E-state index is 5.52. The van der Waals surface area contributed by atoms with Crippen LogP contribution in [0.2, 0.25) is 0 Å². The molecule has 0 heterocycles. The number of hydrogen-bond donors (Lipinski definition) is 1. The van der Waals surface area contributed by atoms with Crippen molar-refractivity contribution < 1.29 is 9.47 Å². The van der Waals surface area contributed by atoms with Crippen LogP contribution < -0.4 is 14.8 Å². The van der Waals surface area contributed by atoms with E-state index in [1.54, 1.807) is 7.11 Å². The summed E-state index contributed by atoms with van der Waals surface area (Å²) in [5.41, 5.74) is 1.29. The van der Waals surface area contributed by atoms with E-state index in [1.807, 2.05) is 20.0 Å². The van der Waals surface area contributed by atoms with Gasteiger partial charge in [-0.15, -0.1) is 0 Å². The Kier molecular flexibility index (Phi) is 5.84. The number of nitrogens with one attached hydrogen (secondary N) is 1. The molecule has 3 heteroatoms. The van der Waals surface area contributed by atoms with Gasteiger partial charge >= 0.3 is 0 Å². The van der Waals surface area contributed by atoms with Crippen molar-refractivity contribution in [3.63, 3.8) is 0 Å². The minimum Gasteiger partial charge on any atom is -0.493 e. The molecule has 1 rings (SSSR count). The molecule has 0 fully saturated rings. The Balaban J connectivity index is 2.94. The van der Waals surface area contributed by atoms with Gasteiger partial charge in [-0.1, -0.05) is 13.0 Å². The first-order valence-electron chi connectivity index (χ1n) is 6.22. The van der Waals surface area contributed by atoms with Crippen LogP contribution in [-0.2, 0) is 0 Å². The minimum atomic E-state index is 0.518. The van der Waals surface area contributed by atoms with Crippen LogP contribution in [0.15, 0.2) is 18.2 Å². The number of benzene rings is 1. The van der Waals surface area contributed by atoms with E-state index in [9.17, 15) is 0 Å². The van der Waals surface area contributed by atoms with E-state index in [2.05, 4.69) is 24.4 Å². The smallest absolute Gasteiger partial charge is 0.161 e. The van der Waals surface area contributed by atoms with E-state index < -0.39 is 0 Å². The number of rotatable bonds is 7. The Hall–Kier alpha value is -1.22. The van der Waals surface area contributed by atoms with Crippen LogP contribution in [0.3, 0.4) is 0 Å². The average Bonchev–Trinajstić information content (AvgIpc) is 2.37. The lowest BCUT2D eigenvalue weighted by Gasteiger charge is -2.17. The van der Waals surface area contributed by atoms with Gasteiger partial charge in [0.2, 0.25) is 0 Å². The van der Waals surface area contributed by atoms with E-state index in [0.29, 0.717) is 12.5 Å². The van der Waals surface area contributed by atoms with E-state index in [-0.39, 0.29) is 0 Å². The van der Waals surface area contributed by atoms with Crippen LogP contribution in [0, 0.1) is 0 Å². The number of hydrogen-bond acceptors (Lipinski definition) is 3. The first-order valence-corrected chi connectivity index (χ1v) is 6.22. The fourth-order valence-corrected chi connectivity index (χ4v) is 1.96. The number of methoxy groups -OCH3 is 1. The predicted molar refractivity (Wildman–Crippen MR) is 71.1 cm³/mol. The van der Waals surface area contributed by atoms with Crippen molar-refractivity contribution in [1.82, 2.24) is 5.32 Å². The Morgan fingerprint density at radius 3 is 2.53 bits per heavy atom. The quantitative estimate of drug-likeness (QED) is 0.791. The molecule has 1 N–H and O–H groups in total. The highest BCUT2D eigenvalue weighted by atomic mass is 16.5. The normalized spacial score (nSPS) is 12.2. The zero-order chi connectivity index (χ0) is 12.7. The lowest BCUT2D eigenvalue weighted by atomic mass is 9.96. The predicted octanol–water partition coefficient (Wildman–Crippen LogP) is 2.81. The average molecular weight is 237 g/mol. The molecule has 1 aromatic carbocycles. The molecule has 0 aromatic heterocycles. The van der Waals surface area contributed by atoms with E-state index in [1.165, 1.54) is 5.56 Å². The first-order chi connectivity index (χ1) is 8.26. The van der Waals surface area contributed by atoms with Gasteiger partial charge < -0.3 is 14.8 Å². The van der Waals surface area contributed by atoms with Gasteiger partial charge in [-0.25, -0.2) is 0 Å². The van der Waals surface area contributed by atoms with Gasteiger partial charge in [-0.3, -0.25) is 0 Å². The molecule has 0 bridgehead atoms. The third-order valence-electron chi connectivity index (χ3n) is 2.90. The van der Waals surface area contributed by atoms with E-state index >= 15 is 0 Å². The van der Waals surface area contributed by atoms with Crippen molar-refractivity contribution in [2.75, 3.05) is 27.3 Å². The molecular formula is C14H23NO2. The molecule has 0 spiro atoms. The zero-order valence-electron chi connectivity index (χ0n) is 11.2. The molecular weight excluding hydrogens is 214 g/mol. The molecule has 17 heavy (non-hydrogen) atoms. The molecule has 96 valence electrons. The Morgan fingerprint density at radius 2 is 2.00 bits per heavy atom. The van der Waals surface area contributed by atoms with E-state index in [0.717, 1.165) is 24.5 Å².